The molecule has 2 N–H and O–H groups in total. The molecule has 104 valence electrons. The molecule has 0 aromatic heterocycles. The maximum atomic E-state index is 12.2. The van der Waals surface area contributed by atoms with Gasteiger partial charge >= 0.3 is 0 Å². The highest BCUT2D eigenvalue weighted by atomic mass is 16.1. The molecule has 1 heterocycles. The van der Waals surface area contributed by atoms with Gasteiger partial charge in [-0.1, -0.05) is 12.1 Å². The lowest BCUT2D eigenvalue weighted by Crippen LogP contribution is -2.42. The Bertz CT molecular complexity index is 448. The number of carbonyl (C=O) groups is 1. The minimum atomic E-state index is 0.0554. The molecule has 1 aromatic carbocycles. The van der Waals surface area contributed by atoms with Crippen LogP contribution in [0, 0.1) is 19.8 Å². The first kappa shape index (κ1) is 14.1. The lowest BCUT2D eigenvalue weighted by atomic mass is 9.95. The lowest BCUT2D eigenvalue weighted by molar-refractivity contribution is 0.0943. The maximum Gasteiger partial charge on any atom is 0.251 e. The SMILES string of the molecule is Cc1cccc(C(=O)NCC2CCC(C)NC2)c1C. The van der Waals surface area contributed by atoms with E-state index in [0.717, 1.165) is 24.2 Å². The van der Waals surface area contributed by atoms with Crippen LogP contribution in [0.15, 0.2) is 18.2 Å². The van der Waals surface area contributed by atoms with Crippen LogP contribution in [-0.2, 0) is 0 Å². The molecule has 0 aliphatic carbocycles. The Morgan fingerprint density at radius 2 is 2.16 bits per heavy atom. The van der Waals surface area contributed by atoms with E-state index in [1.54, 1.807) is 0 Å². The molecule has 2 atom stereocenters. The van der Waals surface area contributed by atoms with E-state index >= 15 is 0 Å². The van der Waals surface area contributed by atoms with Gasteiger partial charge in [0.15, 0.2) is 0 Å². The van der Waals surface area contributed by atoms with Crippen molar-refractivity contribution in [2.75, 3.05) is 13.1 Å². The molecule has 0 radical (unpaired) electrons. The van der Waals surface area contributed by atoms with Gasteiger partial charge in [-0.05, 0) is 63.3 Å². The van der Waals surface area contributed by atoms with Crippen molar-refractivity contribution in [2.45, 2.75) is 39.7 Å². The normalized spacial score (nSPS) is 23.1. The van der Waals surface area contributed by atoms with Crippen LogP contribution in [0.2, 0.25) is 0 Å². The van der Waals surface area contributed by atoms with Crippen molar-refractivity contribution in [3.05, 3.63) is 34.9 Å². The molecule has 3 heteroatoms. The average molecular weight is 260 g/mol. The fourth-order valence-electron chi connectivity index (χ4n) is 2.56. The topological polar surface area (TPSA) is 41.1 Å². The van der Waals surface area contributed by atoms with E-state index in [9.17, 15) is 4.79 Å². The summed E-state index contributed by atoms with van der Waals surface area (Å²) in [6, 6.07) is 6.50. The second-order valence-corrected chi connectivity index (χ2v) is 5.71. The summed E-state index contributed by atoms with van der Waals surface area (Å²) in [6.07, 6.45) is 2.39. The van der Waals surface area contributed by atoms with Crippen LogP contribution in [0.3, 0.4) is 0 Å². The summed E-state index contributed by atoms with van der Waals surface area (Å²) in [4.78, 5) is 12.2. The van der Waals surface area contributed by atoms with Crippen molar-refractivity contribution < 1.29 is 4.79 Å². The van der Waals surface area contributed by atoms with E-state index in [4.69, 9.17) is 0 Å². The first-order valence-electron chi connectivity index (χ1n) is 7.15. The molecule has 2 unspecified atom stereocenters. The smallest absolute Gasteiger partial charge is 0.251 e. The van der Waals surface area contributed by atoms with Crippen LogP contribution < -0.4 is 10.6 Å². The molecular formula is C16H24N2O. The number of amides is 1. The van der Waals surface area contributed by atoms with Crippen molar-refractivity contribution >= 4 is 5.91 Å². The standard InChI is InChI=1S/C16H24N2O/c1-11-5-4-6-15(13(11)3)16(19)18-10-14-8-7-12(2)17-9-14/h4-6,12,14,17H,7-10H2,1-3H3,(H,18,19). The number of piperidine rings is 1. The molecule has 2 rings (SSSR count). The van der Waals surface area contributed by atoms with Crippen molar-refractivity contribution in [3.8, 4) is 0 Å². The van der Waals surface area contributed by atoms with Gasteiger partial charge in [-0.15, -0.1) is 0 Å². The van der Waals surface area contributed by atoms with E-state index in [-0.39, 0.29) is 5.91 Å². The Kier molecular flexibility index (Phi) is 4.59. The van der Waals surface area contributed by atoms with E-state index in [1.807, 2.05) is 32.0 Å². The third kappa shape index (κ3) is 3.57. The van der Waals surface area contributed by atoms with Gasteiger partial charge in [0.25, 0.3) is 5.91 Å². The predicted octanol–water partition coefficient (Wildman–Crippen LogP) is 2.42. The number of aryl methyl sites for hydroxylation is 1. The van der Waals surface area contributed by atoms with Gasteiger partial charge in [-0.25, -0.2) is 0 Å². The minimum Gasteiger partial charge on any atom is -0.352 e. The van der Waals surface area contributed by atoms with E-state index < -0.39 is 0 Å². The average Bonchev–Trinajstić information content (AvgIpc) is 2.41. The van der Waals surface area contributed by atoms with Gasteiger partial charge in [0.2, 0.25) is 0 Å². The second-order valence-electron chi connectivity index (χ2n) is 5.71. The second kappa shape index (κ2) is 6.20. The number of benzene rings is 1. The Hall–Kier alpha value is -1.35. The molecule has 1 aliphatic rings. The highest BCUT2D eigenvalue weighted by Crippen LogP contribution is 2.15. The summed E-state index contributed by atoms with van der Waals surface area (Å²) in [6.45, 7) is 8.04. The molecule has 0 saturated carbocycles. The molecule has 1 fully saturated rings. The first-order chi connectivity index (χ1) is 9.08. The zero-order valence-electron chi connectivity index (χ0n) is 12.1. The fourth-order valence-corrected chi connectivity index (χ4v) is 2.56. The van der Waals surface area contributed by atoms with Gasteiger partial charge in [-0.2, -0.15) is 0 Å². The van der Waals surface area contributed by atoms with E-state index in [1.165, 1.54) is 18.4 Å². The number of hydrogen-bond acceptors (Lipinski definition) is 2. The monoisotopic (exact) mass is 260 g/mol. The van der Waals surface area contributed by atoms with Crippen LogP contribution >= 0.6 is 0 Å². The molecule has 1 saturated heterocycles. The van der Waals surface area contributed by atoms with Gasteiger partial charge in [-0.3, -0.25) is 4.79 Å². The molecule has 0 spiro atoms. The van der Waals surface area contributed by atoms with Gasteiger partial charge in [0, 0.05) is 18.2 Å². The van der Waals surface area contributed by atoms with Crippen molar-refractivity contribution in [3.63, 3.8) is 0 Å². The van der Waals surface area contributed by atoms with Crippen LogP contribution in [0.1, 0.15) is 41.3 Å². The largest absolute Gasteiger partial charge is 0.352 e. The predicted molar refractivity (Wildman–Crippen MR) is 78.4 cm³/mol. The van der Waals surface area contributed by atoms with Crippen LogP contribution in [0.25, 0.3) is 0 Å². The summed E-state index contributed by atoms with van der Waals surface area (Å²) in [5.74, 6) is 0.616. The number of rotatable bonds is 3. The van der Waals surface area contributed by atoms with Crippen LogP contribution in [0.4, 0.5) is 0 Å². The lowest BCUT2D eigenvalue weighted by Gasteiger charge is -2.27. The molecular weight excluding hydrogens is 236 g/mol. The highest BCUT2D eigenvalue weighted by molar-refractivity contribution is 5.95. The van der Waals surface area contributed by atoms with Gasteiger partial charge in [0.1, 0.15) is 0 Å². The molecule has 3 nitrogen and oxygen atoms in total. The van der Waals surface area contributed by atoms with Crippen molar-refractivity contribution in [1.29, 1.82) is 0 Å². The quantitative estimate of drug-likeness (QED) is 0.876. The Balaban J connectivity index is 1.89. The Morgan fingerprint density at radius 3 is 2.84 bits per heavy atom. The molecule has 1 amide bonds. The third-order valence-electron chi connectivity index (χ3n) is 4.16. The summed E-state index contributed by atoms with van der Waals surface area (Å²) in [5, 5.41) is 6.54. The molecule has 1 aromatic rings. The number of nitrogens with one attached hydrogen (secondary N) is 2. The molecule has 19 heavy (non-hydrogen) atoms. The van der Waals surface area contributed by atoms with Crippen LogP contribution in [-0.4, -0.2) is 25.0 Å². The molecule has 0 bridgehead atoms. The number of carbonyl (C=O) groups excluding carboxylic acids is 1. The zero-order chi connectivity index (χ0) is 13.8. The zero-order valence-corrected chi connectivity index (χ0v) is 12.1. The highest BCUT2D eigenvalue weighted by Gasteiger charge is 2.18. The number of hydrogen-bond donors (Lipinski definition) is 2. The van der Waals surface area contributed by atoms with Gasteiger partial charge in [0.05, 0.1) is 0 Å². The van der Waals surface area contributed by atoms with Crippen molar-refractivity contribution in [2.24, 2.45) is 5.92 Å². The summed E-state index contributed by atoms with van der Waals surface area (Å²) in [5.41, 5.74) is 3.05. The molecule has 1 aliphatic heterocycles. The van der Waals surface area contributed by atoms with E-state index in [2.05, 4.69) is 17.6 Å². The van der Waals surface area contributed by atoms with Gasteiger partial charge < -0.3 is 10.6 Å². The Labute approximate surface area is 115 Å². The summed E-state index contributed by atoms with van der Waals surface area (Å²) in [7, 11) is 0. The minimum absolute atomic E-state index is 0.0554. The van der Waals surface area contributed by atoms with E-state index in [0.29, 0.717) is 12.0 Å². The van der Waals surface area contributed by atoms with Crippen molar-refractivity contribution in [1.82, 2.24) is 10.6 Å². The van der Waals surface area contributed by atoms with Crippen LogP contribution in [0.5, 0.6) is 0 Å². The summed E-state index contributed by atoms with van der Waals surface area (Å²) < 4.78 is 0. The Morgan fingerprint density at radius 1 is 1.37 bits per heavy atom. The maximum absolute atomic E-state index is 12.2. The summed E-state index contributed by atoms with van der Waals surface area (Å²) >= 11 is 0. The third-order valence-corrected chi connectivity index (χ3v) is 4.16. The fraction of sp³-hybridized carbons (Fsp3) is 0.562. The first-order valence-corrected chi connectivity index (χ1v) is 7.15.